The first-order chi connectivity index (χ1) is 9.17. The average molecular weight is 279 g/mol. The van der Waals surface area contributed by atoms with Crippen LogP contribution in [0.15, 0.2) is 33.9 Å². The number of carbonyl (C=O) groups excluding carboxylic acids is 1. The van der Waals surface area contributed by atoms with E-state index in [1.807, 2.05) is 12.1 Å². The molecular formula is C12H13N3O3S. The monoisotopic (exact) mass is 279 g/mol. The van der Waals surface area contributed by atoms with E-state index in [4.69, 9.17) is 9.15 Å². The summed E-state index contributed by atoms with van der Waals surface area (Å²) in [5, 5.41) is 10.6. The van der Waals surface area contributed by atoms with Crippen LogP contribution in [0.3, 0.4) is 0 Å². The standard InChI is InChI=1S/C12H13N3O3S/c1-8-14-15-12(18-8)19-7-11(16)13-9-4-3-5-10(6-9)17-2/h3-6H,7H2,1-2H3,(H,13,16). The summed E-state index contributed by atoms with van der Waals surface area (Å²) in [5.41, 5.74) is 0.687. The van der Waals surface area contributed by atoms with Crippen LogP contribution in [0.25, 0.3) is 0 Å². The van der Waals surface area contributed by atoms with E-state index in [-0.39, 0.29) is 11.7 Å². The van der Waals surface area contributed by atoms with Gasteiger partial charge in [0, 0.05) is 18.7 Å². The van der Waals surface area contributed by atoms with E-state index in [2.05, 4.69) is 15.5 Å². The third-order valence-electron chi connectivity index (χ3n) is 2.19. The summed E-state index contributed by atoms with van der Waals surface area (Å²) < 4.78 is 10.2. The molecule has 0 spiro atoms. The Labute approximate surface area is 114 Å². The highest BCUT2D eigenvalue weighted by atomic mass is 32.2. The Morgan fingerprint density at radius 2 is 2.32 bits per heavy atom. The van der Waals surface area contributed by atoms with E-state index >= 15 is 0 Å². The van der Waals surface area contributed by atoms with Gasteiger partial charge in [0.05, 0.1) is 12.9 Å². The number of ether oxygens (including phenoxy) is 1. The van der Waals surface area contributed by atoms with Gasteiger partial charge in [-0.05, 0) is 12.1 Å². The Morgan fingerprint density at radius 3 is 3.00 bits per heavy atom. The summed E-state index contributed by atoms with van der Waals surface area (Å²) in [7, 11) is 1.58. The number of carbonyl (C=O) groups is 1. The van der Waals surface area contributed by atoms with Gasteiger partial charge in [-0.1, -0.05) is 17.8 Å². The molecule has 1 aromatic carbocycles. The number of anilines is 1. The van der Waals surface area contributed by atoms with Crippen molar-refractivity contribution in [3.05, 3.63) is 30.2 Å². The Morgan fingerprint density at radius 1 is 1.47 bits per heavy atom. The van der Waals surface area contributed by atoms with E-state index in [0.29, 0.717) is 22.6 Å². The zero-order valence-corrected chi connectivity index (χ0v) is 11.4. The zero-order valence-electron chi connectivity index (χ0n) is 10.5. The molecule has 0 unspecified atom stereocenters. The van der Waals surface area contributed by atoms with Crippen LogP contribution >= 0.6 is 11.8 Å². The van der Waals surface area contributed by atoms with Crippen molar-refractivity contribution < 1.29 is 13.9 Å². The number of methoxy groups -OCH3 is 1. The molecule has 2 rings (SSSR count). The van der Waals surface area contributed by atoms with Gasteiger partial charge in [-0.3, -0.25) is 4.79 Å². The second-order valence-corrected chi connectivity index (χ2v) is 4.58. The quantitative estimate of drug-likeness (QED) is 0.845. The Kier molecular flexibility index (Phi) is 4.40. The lowest BCUT2D eigenvalue weighted by Crippen LogP contribution is -2.13. The fourth-order valence-electron chi connectivity index (χ4n) is 1.36. The third kappa shape index (κ3) is 3.99. The van der Waals surface area contributed by atoms with Gasteiger partial charge in [-0.25, -0.2) is 0 Å². The Bertz CT molecular complexity index is 571. The second-order valence-electron chi connectivity index (χ2n) is 3.66. The van der Waals surface area contributed by atoms with Gasteiger partial charge >= 0.3 is 0 Å². The molecule has 0 saturated carbocycles. The molecular weight excluding hydrogens is 266 g/mol. The van der Waals surface area contributed by atoms with Gasteiger partial charge in [0.15, 0.2) is 0 Å². The van der Waals surface area contributed by atoms with E-state index < -0.39 is 0 Å². The molecule has 100 valence electrons. The van der Waals surface area contributed by atoms with Crippen molar-refractivity contribution in [2.45, 2.75) is 12.1 Å². The molecule has 0 atom stereocenters. The lowest BCUT2D eigenvalue weighted by atomic mass is 10.3. The summed E-state index contributed by atoms with van der Waals surface area (Å²) in [6.07, 6.45) is 0. The molecule has 6 nitrogen and oxygen atoms in total. The van der Waals surface area contributed by atoms with E-state index in [0.717, 1.165) is 0 Å². The first-order valence-corrected chi connectivity index (χ1v) is 6.53. The van der Waals surface area contributed by atoms with Crippen LogP contribution in [0.1, 0.15) is 5.89 Å². The number of thioether (sulfide) groups is 1. The van der Waals surface area contributed by atoms with Gasteiger partial charge in [0.2, 0.25) is 11.8 Å². The van der Waals surface area contributed by atoms with Crippen molar-refractivity contribution in [3.63, 3.8) is 0 Å². The highest BCUT2D eigenvalue weighted by Crippen LogP contribution is 2.18. The molecule has 1 heterocycles. The molecule has 0 aliphatic carbocycles. The van der Waals surface area contributed by atoms with Gasteiger partial charge < -0.3 is 14.5 Å². The van der Waals surface area contributed by atoms with E-state index in [1.54, 1.807) is 26.2 Å². The van der Waals surface area contributed by atoms with Crippen LogP contribution in [0.2, 0.25) is 0 Å². The predicted molar refractivity (Wildman–Crippen MR) is 71.4 cm³/mol. The number of nitrogens with one attached hydrogen (secondary N) is 1. The van der Waals surface area contributed by atoms with E-state index in [9.17, 15) is 4.79 Å². The average Bonchev–Trinajstić information content (AvgIpc) is 2.82. The molecule has 19 heavy (non-hydrogen) atoms. The Hall–Kier alpha value is -2.02. The van der Waals surface area contributed by atoms with Crippen molar-refractivity contribution in [2.24, 2.45) is 0 Å². The summed E-state index contributed by atoms with van der Waals surface area (Å²) in [6, 6.07) is 7.16. The minimum Gasteiger partial charge on any atom is -0.497 e. The van der Waals surface area contributed by atoms with Crippen LogP contribution in [-0.2, 0) is 4.79 Å². The molecule has 1 amide bonds. The minimum absolute atomic E-state index is 0.144. The molecule has 0 fully saturated rings. The van der Waals surface area contributed by atoms with Crippen LogP contribution < -0.4 is 10.1 Å². The second kappa shape index (κ2) is 6.24. The van der Waals surface area contributed by atoms with E-state index in [1.165, 1.54) is 11.8 Å². The molecule has 1 N–H and O–H groups in total. The first-order valence-electron chi connectivity index (χ1n) is 5.54. The maximum atomic E-state index is 11.7. The fourth-order valence-corrected chi connectivity index (χ4v) is 1.97. The summed E-state index contributed by atoms with van der Waals surface area (Å²) in [5.74, 6) is 1.24. The molecule has 0 bridgehead atoms. The minimum atomic E-state index is -0.144. The highest BCUT2D eigenvalue weighted by molar-refractivity contribution is 7.99. The van der Waals surface area contributed by atoms with Gasteiger partial charge in [0.1, 0.15) is 5.75 Å². The van der Waals surface area contributed by atoms with Gasteiger partial charge in [-0.15, -0.1) is 10.2 Å². The number of rotatable bonds is 5. The maximum absolute atomic E-state index is 11.7. The number of aryl methyl sites for hydroxylation is 1. The summed E-state index contributed by atoms with van der Waals surface area (Å²) in [4.78, 5) is 11.7. The molecule has 0 radical (unpaired) electrons. The number of nitrogens with zero attached hydrogens (tertiary/aromatic N) is 2. The SMILES string of the molecule is COc1cccc(NC(=O)CSc2nnc(C)o2)c1. The third-order valence-corrected chi connectivity index (χ3v) is 3.01. The molecule has 2 aromatic rings. The molecule has 0 saturated heterocycles. The van der Waals surface area contributed by atoms with Crippen molar-refractivity contribution in [1.82, 2.24) is 10.2 Å². The smallest absolute Gasteiger partial charge is 0.277 e. The maximum Gasteiger partial charge on any atom is 0.277 e. The topological polar surface area (TPSA) is 77.2 Å². The zero-order chi connectivity index (χ0) is 13.7. The number of hydrogen-bond acceptors (Lipinski definition) is 6. The number of aromatic nitrogens is 2. The summed E-state index contributed by atoms with van der Waals surface area (Å²) in [6.45, 7) is 1.70. The molecule has 7 heteroatoms. The predicted octanol–water partition coefficient (Wildman–Crippen LogP) is 2.12. The molecule has 0 aliphatic rings. The largest absolute Gasteiger partial charge is 0.497 e. The van der Waals surface area contributed by atoms with Crippen LogP contribution in [0.5, 0.6) is 5.75 Å². The number of amides is 1. The van der Waals surface area contributed by atoms with Crippen molar-refractivity contribution >= 4 is 23.4 Å². The Balaban J connectivity index is 1.86. The van der Waals surface area contributed by atoms with Crippen LogP contribution in [-0.4, -0.2) is 29.0 Å². The van der Waals surface area contributed by atoms with Crippen molar-refractivity contribution in [3.8, 4) is 5.75 Å². The van der Waals surface area contributed by atoms with Crippen molar-refractivity contribution in [1.29, 1.82) is 0 Å². The highest BCUT2D eigenvalue weighted by Gasteiger charge is 2.08. The summed E-state index contributed by atoms with van der Waals surface area (Å²) >= 11 is 1.19. The first kappa shape index (κ1) is 13.4. The lowest BCUT2D eigenvalue weighted by Gasteiger charge is -2.05. The number of hydrogen-bond donors (Lipinski definition) is 1. The van der Waals surface area contributed by atoms with Gasteiger partial charge in [-0.2, -0.15) is 0 Å². The van der Waals surface area contributed by atoms with Crippen LogP contribution in [0.4, 0.5) is 5.69 Å². The lowest BCUT2D eigenvalue weighted by molar-refractivity contribution is -0.113. The van der Waals surface area contributed by atoms with Crippen LogP contribution in [0, 0.1) is 6.92 Å². The number of benzene rings is 1. The van der Waals surface area contributed by atoms with Crippen molar-refractivity contribution in [2.75, 3.05) is 18.2 Å². The van der Waals surface area contributed by atoms with Gasteiger partial charge in [0.25, 0.3) is 5.22 Å². The normalized spacial score (nSPS) is 10.2. The fraction of sp³-hybridized carbons (Fsp3) is 0.250. The molecule has 0 aliphatic heterocycles. The molecule has 1 aromatic heterocycles.